The Morgan fingerprint density at radius 1 is 1.62 bits per heavy atom. The lowest BCUT2D eigenvalue weighted by atomic mass is 9.97. The van der Waals surface area contributed by atoms with Crippen LogP contribution in [-0.2, 0) is 17.6 Å². The van der Waals surface area contributed by atoms with Gasteiger partial charge in [-0.2, -0.15) is 0 Å². The van der Waals surface area contributed by atoms with Gasteiger partial charge in [0.2, 0.25) is 0 Å². The molecule has 0 heterocycles. The summed E-state index contributed by atoms with van der Waals surface area (Å²) in [5.41, 5.74) is 9.57. The highest BCUT2D eigenvalue weighted by Gasteiger charge is 2.19. The zero-order valence-electron chi connectivity index (χ0n) is 9.44. The maximum atomic E-state index is 10.8. The Kier molecular flexibility index (Phi) is 2.97. The average molecular weight is 219 g/mol. The van der Waals surface area contributed by atoms with Crippen molar-refractivity contribution < 1.29 is 9.90 Å². The number of benzene rings is 1. The van der Waals surface area contributed by atoms with E-state index in [2.05, 4.69) is 12.1 Å². The van der Waals surface area contributed by atoms with Crippen LogP contribution in [0, 0.1) is 5.92 Å². The van der Waals surface area contributed by atoms with Crippen LogP contribution in [-0.4, -0.2) is 11.1 Å². The number of aryl methyl sites for hydroxylation is 1. The molecule has 1 aliphatic rings. The Morgan fingerprint density at radius 2 is 2.38 bits per heavy atom. The van der Waals surface area contributed by atoms with Gasteiger partial charge in [0.1, 0.15) is 0 Å². The maximum Gasteiger partial charge on any atom is 0.306 e. The molecule has 0 amide bonds. The van der Waals surface area contributed by atoms with E-state index in [0.717, 1.165) is 18.4 Å². The molecule has 0 aromatic heterocycles. The SMILES string of the molecule is CC(Cc1ccc2c(c1)CCC2N)C(=O)O. The standard InChI is InChI=1S/C13H17NO2/c1-8(13(15)16)6-9-2-4-11-10(7-9)3-5-12(11)14/h2,4,7-8,12H,3,5-6,14H2,1H3,(H,15,16). The molecule has 3 heteroatoms. The minimum Gasteiger partial charge on any atom is -0.481 e. The molecule has 0 aliphatic heterocycles. The quantitative estimate of drug-likeness (QED) is 0.816. The van der Waals surface area contributed by atoms with E-state index in [9.17, 15) is 4.79 Å². The fourth-order valence-electron chi connectivity index (χ4n) is 2.27. The molecule has 0 radical (unpaired) electrons. The zero-order chi connectivity index (χ0) is 11.7. The van der Waals surface area contributed by atoms with Gasteiger partial charge >= 0.3 is 5.97 Å². The molecular formula is C13H17NO2. The van der Waals surface area contributed by atoms with Crippen molar-refractivity contribution in [3.8, 4) is 0 Å². The second-order valence-electron chi connectivity index (χ2n) is 4.62. The number of rotatable bonds is 3. The maximum absolute atomic E-state index is 10.8. The second-order valence-corrected chi connectivity index (χ2v) is 4.62. The number of aliphatic carboxylic acids is 1. The molecule has 0 spiro atoms. The van der Waals surface area contributed by atoms with Gasteiger partial charge in [-0.1, -0.05) is 25.1 Å². The lowest BCUT2D eigenvalue weighted by Gasteiger charge is -2.09. The van der Waals surface area contributed by atoms with Gasteiger partial charge in [0, 0.05) is 6.04 Å². The van der Waals surface area contributed by atoms with Crippen molar-refractivity contribution in [3.63, 3.8) is 0 Å². The highest BCUT2D eigenvalue weighted by Crippen LogP contribution is 2.30. The van der Waals surface area contributed by atoms with E-state index in [1.807, 2.05) is 6.07 Å². The van der Waals surface area contributed by atoms with E-state index in [4.69, 9.17) is 10.8 Å². The summed E-state index contributed by atoms with van der Waals surface area (Å²) in [6.45, 7) is 1.74. The molecule has 86 valence electrons. The number of carboxylic acids is 1. The third kappa shape index (κ3) is 2.09. The van der Waals surface area contributed by atoms with Crippen LogP contribution in [0.15, 0.2) is 18.2 Å². The lowest BCUT2D eigenvalue weighted by Crippen LogP contribution is -2.12. The fraction of sp³-hybridized carbons (Fsp3) is 0.462. The fourth-order valence-corrected chi connectivity index (χ4v) is 2.27. The highest BCUT2D eigenvalue weighted by molar-refractivity contribution is 5.69. The minimum atomic E-state index is -0.739. The molecule has 0 bridgehead atoms. The van der Waals surface area contributed by atoms with Gasteiger partial charge in [0.25, 0.3) is 0 Å². The Bertz CT molecular complexity index is 414. The number of nitrogens with two attached hydrogens (primary N) is 1. The first kappa shape index (κ1) is 11.1. The number of hydrogen-bond donors (Lipinski definition) is 2. The van der Waals surface area contributed by atoms with E-state index in [-0.39, 0.29) is 12.0 Å². The normalized spacial score (nSPS) is 20.5. The Morgan fingerprint density at radius 3 is 3.06 bits per heavy atom. The molecule has 2 unspecified atom stereocenters. The highest BCUT2D eigenvalue weighted by atomic mass is 16.4. The third-order valence-corrected chi connectivity index (χ3v) is 3.29. The van der Waals surface area contributed by atoms with Crippen molar-refractivity contribution >= 4 is 5.97 Å². The smallest absolute Gasteiger partial charge is 0.306 e. The van der Waals surface area contributed by atoms with Crippen LogP contribution in [0.4, 0.5) is 0 Å². The summed E-state index contributed by atoms with van der Waals surface area (Å²) in [6.07, 6.45) is 2.62. The molecule has 2 rings (SSSR count). The van der Waals surface area contributed by atoms with Gasteiger partial charge in [-0.25, -0.2) is 0 Å². The van der Waals surface area contributed by atoms with E-state index < -0.39 is 5.97 Å². The predicted octanol–water partition coefficient (Wildman–Crippen LogP) is 1.90. The first-order valence-corrected chi connectivity index (χ1v) is 5.68. The average Bonchev–Trinajstić information content (AvgIpc) is 2.60. The molecule has 3 N–H and O–H groups in total. The van der Waals surface area contributed by atoms with Gasteiger partial charge in [-0.05, 0) is 36.0 Å². The molecule has 1 aromatic carbocycles. The van der Waals surface area contributed by atoms with Gasteiger partial charge < -0.3 is 10.8 Å². The molecule has 0 fully saturated rings. The van der Waals surface area contributed by atoms with Crippen LogP contribution in [0.25, 0.3) is 0 Å². The Hall–Kier alpha value is -1.35. The van der Waals surface area contributed by atoms with Crippen LogP contribution < -0.4 is 5.73 Å². The van der Waals surface area contributed by atoms with Crippen LogP contribution in [0.5, 0.6) is 0 Å². The van der Waals surface area contributed by atoms with E-state index in [1.165, 1.54) is 11.1 Å². The first-order chi connectivity index (χ1) is 7.58. The van der Waals surface area contributed by atoms with Crippen LogP contribution >= 0.6 is 0 Å². The predicted molar refractivity (Wildman–Crippen MR) is 62.2 cm³/mol. The summed E-state index contributed by atoms with van der Waals surface area (Å²) in [4.78, 5) is 10.8. The summed E-state index contributed by atoms with van der Waals surface area (Å²) >= 11 is 0. The molecule has 1 aromatic rings. The second kappa shape index (κ2) is 4.26. The van der Waals surface area contributed by atoms with E-state index in [0.29, 0.717) is 6.42 Å². The molecular weight excluding hydrogens is 202 g/mol. The minimum absolute atomic E-state index is 0.168. The Labute approximate surface area is 95.3 Å². The molecule has 2 atom stereocenters. The van der Waals surface area contributed by atoms with Crippen LogP contribution in [0.2, 0.25) is 0 Å². The number of hydrogen-bond acceptors (Lipinski definition) is 2. The first-order valence-electron chi connectivity index (χ1n) is 5.68. The largest absolute Gasteiger partial charge is 0.481 e. The Balaban J connectivity index is 2.16. The van der Waals surface area contributed by atoms with Crippen molar-refractivity contribution in [1.82, 2.24) is 0 Å². The summed E-state index contributed by atoms with van der Waals surface area (Å²) < 4.78 is 0. The van der Waals surface area contributed by atoms with Gasteiger partial charge in [0.05, 0.1) is 5.92 Å². The van der Waals surface area contributed by atoms with Crippen molar-refractivity contribution in [1.29, 1.82) is 0 Å². The van der Waals surface area contributed by atoms with E-state index >= 15 is 0 Å². The molecule has 0 saturated carbocycles. The van der Waals surface area contributed by atoms with E-state index in [1.54, 1.807) is 6.92 Å². The number of fused-ring (bicyclic) bond motifs is 1. The van der Waals surface area contributed by atoms with Crippen molar-refractivity contribution in [2.45, 2.75) is 32.2 Å². The zero-order valence-corrected chi connectivity index (χ0v) is 9.44. The lowest BCUT2D eigenvalue weighted by molar-refractivity contribution is -0.141. The third-order valence-electron chi connectivity index (χ3n) is 3.29. The van der Waals surface area contributed by atoms with Crippen molar-refractivity contribution in [2.24, 2.45) is 11.7 Å². The molecule has 3 nitrogen and oxygen atoms in total. The van der Waals surface area contributed by atoms with Crippen LogP contribution in [0.1, 0.15) is 36.1 Å². The summed E-state index contributed by atoms with van der Waals surface area (Å²) in [7, 11) is 0. The molecule has 1 aliphatic carbocycles. The van der Waals surface area contributed by atoms with Gasteiger partial charge in [0.15, 0.2) is 0 Å². The monoisotopic (exact) mass is 219 g/mol. The van der Waals surface area contributed by atoms with Gasteiger partial charge in [-0.15, -0.1) is 0 Å². The summed E-state index contributed by atoms with van der Waals surface area (Å²) in [6, 6.07) is 6.34. The molecule has 16 heavy (non-hydrogen) atoms. The summed E-state index contributed by atoms with van der Waals surface area (Å²) in [5, 5.41) is 8.86. The van der Waals surface area contributed by atoms with Crippen molar-refractivity contribution in [3.05, 3.63) is 34.9 Å². The number of carboxylic acid groups (broad SMARTS) is 1. The van der Waals surface area contributed by atoms with Crippen LogP contribution in [0.3, 0.4) is 0 Å². The van der Waals surface area contributed by atoms with Gasteiger partial charge in [-0.3, -0.25) is 4.79 Å². The number of carbonyl (C=O) groups is 1. The molecule has 0 saturated heterocycles. The summed E-state index contributed by atoms with van der Waals surface area (Å²) in [5.74, 6) is -1.06. The van der Waals surface area contributed by atoms with Crippen molar-refractivity contribution in [2.75, 3.05) is 0 Å². The topological polar surface area (TPSA) is 63.3 Å².